The number of alkyl halides is 2. The molecule has 3 atom stereocenters. The third-order valence-corrected chi connectivity index (χ3v) is 12.1. The molecule has 282 valence electrons. The Kier molecular flexibility index (Phi) is 9.42. The van der Waals surface area contributed by atoms with Crippen LogP contribution in [-0.4, -0.2) is 88.5 Å². The summed E-state index contributed by atoms with van der Waals surface area (Å²) in [5.74, 6) is -5.50. The number of halogens is 2. The number of aryl methyl sites for hydroxylation is 2. The SMILES string of the molecule is Cc1ccc(-c2nc(C)c(C(=O)N3CCC(C(=O)N4CCC(O)(Cn5cnc6c(ccn6-c6ccccc6)c5=O)C(F)(F)C4)C(c4ccccc4)C3)s2)cn1. The molecule has 2 aromatic carbocycles. The number of hydrogen-bond donors (Lipinski definition) is 1. The van der Waals surface area contributed by atoms with Crippen LogP contribution in [0.1, 0.15) is 45.4 Å². The Hall–Kier alpha value is -5.60. The molecule has 2 aliphatic heterocycles. The lowest BCUT2D eigenvalue weighted by Crippen LogP contribution is -2.64. The van der Waals surface area contributed by atoms with Crippen LogP contribution in [0.25, 0.3) is 27.3 Å². The number of benzene rings is 2. The van der Waals surface area contributed by atoms with Crippen molar-refractivity contribution in [1.29, 1.82) is 0 Å². The molecule has 4 aromatic heterocycles. The minimum Gasteiger partial charge on any atom is -0.382 e. The zero-order valence-electron chi connectivity index (χ0n) is 30.3. The number of rotatable bonds is 7. The number of nitrogens with zero attached hydrogens (tertiary/aromatic N) is 7. The molecule has 2 fully saturated rings. The number of pyridine rings is 1. The van der Waals surface area contributed by atoms with Crippen molar-refractivity contribution < 1.29 is 23.5 Å². The van der Waals surface area contributed by atoms with Crippen LogP contribution in [0.15, 0.2) is 102 Å². The summed E-state index contributed by atoms with van der Waals surface area (Å²) in [7, 11) is 0. The quantitative estimate of drug-likeness (QED) is 0.216. The Balaban J connectivity index is 0.991. The number of amides is 2. The number of carbonyl (C=O) groups excluding carboxylic acids is 2. The Bertz CT molecular complexity index is 2430. The standard InChI is InChI=1S/C41H39F2N7O4S/c1-26-13-14-29(21-44-26)36-46-27(2)34(55-36)39(53)47-18-15-31(33(22-47)28-9-5-3-6-10-28)37(51)48-20-17-40(54,41(42,43)24-48)23-49-25-45-35-32(38(49)52)16-19-50(35)30-11-7-4-8-12-30/h3-14,16,19,21,25,31,33,54H,15,17-18,20,22-24H2,1-2H3. The summed E-state index contributed by atoms with van der Waals surface area (Å²) in [5, 5.41) is 12.4. The molecular weight excluding hydrogens is 725 g/mol. The summed E-state index contributed by atoms with van der Waals surface area (Å²) in [5.41, 5.74) is 1.14. The van der Waals surface area contributed by atoms with E-state index in [0.29, 0.717) is 21.2 Å². The van der Waals surface area contributed by atoms with Crippen molar-refractivity contribution in [2.24, 2.45) is 5.92 Å². The van der Waals surface area contributed by atoms with Gasteiger partial charge in [0, 0.05) is 67.2 Å². The second kappa shape index (κ2) is 14.2. The normalized spacial score (nSPS) is 21.2. The molecule has 0 aliphatic carbocycles. The van der Waals surface area contributed by atoms with Gasteiger partial charge in [-0.2, -0.15) is 0 Å². The highest BCUT2D eigenvalue weighted by atomic mass is 32.1. The van der Waals surface area contributed by atoms with Gasteiger partial charge in [0.25, 0.3) is 17.4 Å². The average Bonchev–Trinajstić information content (AvgIpc) is 3.81. The second-order valence-electron chi connectivity index (χ2n) is 14.5. The van der Waals surface area contributed by atoms with Gasteiger partial charge in [0.1, 0.15) is 21.8 Å². The van der Waals surface area contributed by atoms with Crippen LogP contribution in [0.2, 0.25) is 0 Å². The van der Waals surface area contributed by atoms with Gasteiger partial charge in [-0.3, -0.25) is 23.9 Å². The van der Waals surface area contributed by atoms with Crippen LogP contribution in [-0.2, 0) is 11.3 Å². The lowest BCUT2D eigenvalue weighted by Gasteiger charge is -2.46. The first-order valence-electron chi connectivity index (χ1n) is 18.2. The Labute approximate surface area is 319 Å². The van der Waals surface area contributed by atoms with E-state index in [2.05, 4.69) is 15.0 Å². The highest BCUT2D eigenvalue weighted by molar-refractivity contribution is 7.17. The number of fused-ring (bicyclic) bond motifs is 1. The van der Waals surface area contributed by atoms with Crippen molar-refractivity contribution in [1.82, 2.24) is 33.9 Å². The number of aromatic nitrogens is 5. The number of piperidine rings is 2. The molecule has 6 heterocycles. The van der Waals surface area contributed by atoms with Crippen molar-refractivity contribution in [2.45, 2.75) is 50.7 Å². The fourth-order valence-corrected chi connectivity index (χ4v) is 8.78. The largest absolute Gasteiger partial charge is 0.382 e. The van der Waals surface area contributed by atoms with Crippen LogP contribution in [0.4, 0.5) is 8.78 Å². The lowest BCUT2D eigenvalue weighted by atomic mass is 9.78. The molecule has 14 heteroatoms. The van der Waals surface area contributed by atoms with E-state index < -0.39 is 54.3 Å². The van der Waals surface area contributed by atoms with Crippen LogP contribution >= 0.6 is 11.3 Å². The summed E-state index contributed by atoms with van der Waals surface area (Å²) in [6.45, 7) is 2.35. The topological polar surface area (TPSA) is 126 Å². The Morgan fingerprint density at radius 3 is 2.40 bits per heavy atom. The molecule has 8 rings (SSSR count). The van der Waals surface area contributed by atoms with Crippen molar-refractivity contribution in [3.63, 3.8) is 0 Å². The summed E-state index contributed by atoms with van der Waals surface area (Å²) in [6, 6.07) is 24.0. The van der Waals surface area contributed by atoms with E-state index in [4.69, 9.17) is 0 Å². The first-order valence-corrected chi connectivity index (χ1v) is 19.0. The second-order valence-corrected chi connectivity index (χ2v) is 15.5. The third-order valence-electron chi connectivity index (χ3n) is 10.9. The predicted molar refractivity (Wildman–Crippen MR) is 204 cm³/mol. The van der Waals surface area contributed by atoms with Gasteiger partial charge in [0.2, 0.25) is 5.91 Å². The molecule has 0 spiro atoms. The van der Waals surface area contributed by atoms with Gasteiger partial charge < -0.3 is 19.5 Å². The molecule has 3 unspecified atom stereocenters. The predicted octanol–water partition coefficient (Wildman–Crippen LogP) is 5.87. The molecule has 2 aliphatic rings. The molecule has 55 heavy (non-hydrogen) atoms. The van der Waals surface area contributed by atoms with Gasteiger partial charge in [0.05, 0.1) is 24.2 Å². The van der Waals surface area contributed by atoms with E-state index in [-0.39, 0.29) is 37.3 Å². The minimum atomic E-state index is -3.74. The first kappa shape index (κ1) is 36.4. The maximum absolute atomic E-state index is 16.1. The van der Waals surface area contributed by atoms with Gasteiger partial charge >= 0.3 is 0 Å². The summed E-state index contributed by atoms with van der Waals surface area (Å²) in [6.07, 6.45) is 4.43. The van der Waals surface area contributed by atoms with Gasteiger partial charge in [0.15, 0.2) is 5.65 Å². The minimum absolute atomic E-state index is 0.128. The number of hydrogen-bond acceptors (Lipinski definition) is 8. The van der Waals surface area contributed by atoms with Gasteiger partial charge in [-0.05, 0) is 56.2 Å². The van der Waals surface area contributed by atoms with Crippen LogP contribution < -0.4 is 5.56 Å². The lowest BCUT2D eigenvalue weighted by molar-refractivity contribution is -0.223. The maximum atomic E-state index is 16.1. The van der Waals surface area contributed by atoms with E-state index in [1.807, 2.05) is 79.7 Å². The maximum Gasteiger partial charge on any atom is 0.295 e. The highest BCUT2D eigenvalue weighted by Crippen LogP contribution is 2.41. The van der Waals surface area contributed by atoms with Crippen LogP contribution in [0.5, 0.6) is 0 Å². The summed E-state index contributed by atoms with van der Waals surface area (Å²) < 4.78 is 35.0. The van der Waals surface area contributed by atoms with Crippen molar-refractivity contribution >= 4 is 34.2 Å². The molecule has 0 radical (unpaired) electrons. The van der Waals surface area contributed by atoms with E-state index in [1.165, 1.54) is 17.7 Å². The number of aliphatic hydroxyl groups is 1. The average molecular weight is 764 g/mol. The third kappa shape index (κ3) is 6.73. The fourth-order valence-electron chi connectivity index (χ4n) is 7.76. The first-order chi connectivity index (χ1) is 26.4. The van der Waals surface area contributed by atoms with E-state index >= 15 is 8.78 Å². The van der Waals surface area contributed by atoms with Crippen molar-refractivity contribution in [3.8, 4) is 16.3 Å². The smallest absolute Gasteiger partial charge is 0.295 e. The number of likely N-dealkylation sites (tertiary alicyclic amines) is 2. The van der Waals surface area contributed by atoms with E-state index in [1.54, 1.807) is 34.9 Å². The Morgan fingerprint density at radius 2 is 1.69 bits per heavy atom. The van der Waals surface area contributed by atoms with Crippen molar-refractivity contribution in [3.05, 3.63) is 130 Å². The summed E-state index contributed by atoms with van der Waals surface area (Å²) in [4.78, 5) is 58.4. The van der Waals surface area contributed by atoms with E-state index in [0.717, 1.165) is 32.0 Å². The van der Waals surface area contributed by atoms with Gasteiger partial charge in [-0.1, -0.05) is 48.5 Å². The zero-order valence-corrected chi connectivity index (χ0v) is 31.1. The molecule has 2 amide bonds. The molecule has 11 nitrogen and oxygen atoms in total. The number of carbonyl (C=O) groups is 2. The van der Waals surface area contributed by atoms with Crippen LogP contribution in [0.3, 0.4) is 0 Å². The van der Waals surface area contributed by atoms with Gasteiger partial charge in [-0.15, -0.1) is 11.3 Å². The number of thiazole rings is 1. The molecule has 6 aromatic rings. The monoisotopic (exact) mass is 763 g/mol. The fraction of sp³-hybridized carbons (Fsp3) is 0.317. The van der Waals surface area contributed by atoms with Gasteiger partial charge in [-0.25, -0.2) is 18.7 Å². The zero-order chi connectivity index (χ0) is 38.5. The molecule has 2 saturated heterocycles. The highest BCUT2D eigenvalue weighted by Gasteiger charge is 2.58. The number of para-hydroxylation sites is 1. The van der Waals surface area contributed by atoms with Crippen molar-refractivity contribution in [2.75, 3.05) is 26.2 Å². The molecule has 0 bridgehead atoms. The molecular formula is C41H39F2N7O4S. The van der Waals surface area contributed by atoms with Crippen LogP contribution in [0, 0.1) is 19.8 Å². The molecule has 1 N–H and O–H groups in total. The van der Waals surface area contributed by atoms with E-state index in [9.17, 15) is 19.5 Å². The summed E-state index contributed by atoms with van der Waals surface area (Å²) >= 11 is 1.30. The molecule has 0 saturated carbocycles. The Morgan fingerprint density at radius 1 is 0.945 bits per heavy atom.